The molecule has 1 saturated heterocycles. The fourth-order valence-electron chi connectivity index (χ4n) is 2.52. The Hall–Kier alpha value is -2.54. The molecule has 3 amide bonds. The van der Waals surface area contributed by atoms with Crippen LogP contribution in [0, 0.1) is 5.82 Å². The topological polar surface area (TPSA) is 52.7 Å². The summed E-state index contributed by atoms with van der Waals surface area (Å²) in [5.74, 6) is 0.0356. The summed E-state index contributed by atoms with van der Waals surface area (Å²) in [4.78, 5) is 27.1. The molecule has 25 heavy (non-hydrogen) atoms. The lowest BCUT2D eigenvalue weighted by molar-refractivity contribution is -0.115. The van der Waals surface area contributed by atoms with Gasteiger partial charge in [-0.1, -0.05) is 12.1 Å². The molecule has 2 aromatic rings. The van der Waals surface area contributed by atoms with Gasteiger partial charge in [-0.2, -0.15) is 0 Å². The smallest absolute Gasteiger partial charge is 0.321 e. The van der Waals surface area contributed by atoms with Crippen LogP contribution in [0.1, 0.15) is 10.9 Å². The maximum Gasteiger partial charge on any atom is 0.321 e. The number of hydrogen-bond donors (Lipinski definition) is 1. The van der Waals surface area contributed by atoms with Crippen LogP contribution in [0.25, 0.3) is 0 Å². The number of urea groups is 1. The van der Waals surface area contributed by atoms with Gasteiger partial charge < -0.3 is 10.2 Å². The summed E-state index contributed by atoms with van der Waals surface area (Å²) in [6.45, 7) is 0. The van der Waals surface area contributed by atoms with Gasteiger partial charge in [0.05, 0.1) is 5.75 Å². The second-order valence-corrected chi connectivity index (χ2v) is 6.92. The fourth-order valence-corrected chi connectivity index (χ4v) is 3.70. The Morgan fingerprint density at radius 3 is 2.40 bits per heavy atom. The molecule has 0 unspecified atom stereocenters. The van der Waals surface area contributed by atoms with Gasteiger partial charge in [-0.3, -0.25) is 9.69 Å². The van der Waals surface area contributed by atoms with E-state index in [4.69, 9.17) is 0 Å². The van der Waals surface area contributed by atoms with Crippen LogP contribution in [0.3, 0.4) is 0 Å². The lowest BCUT2D eigenvalue weighted by Crippen LogP contribution is -2.28. The normalized spacial score (nSPS) is 16.8. The van der Waals surface area contributed by atoms with Crippen molar-refractivity contribution in [3.8, 4) is 0 Å². The highest BCUT2D eigenvalue weighted by Crippen LogP contribution is 2.41. The molecule has 1 heterocycles. The van der Waals surface area contributed by atoms with Crippen molar-refractivity contribution in [2.75, 3.05) is 30.1 Å². The van der Waals surface area contributed by atoms with Gasteiger partial charge in [0.2, 0.25) is 5.91 Å². The third kappa shape index (κ3) is 3.76. The van der Waals surface area contributed by atoms with E-state index in [0.717, 1.165) is 5.56 Å². The molecule has 1 atom stereocenters. The predicted octanol–water partition coefficient (Wildman–Crippen LogP) is 3.70. The Morgan fingerprint density at radius 2 is 1.80 bits per heavy atom. The Balaban J connectivity index is 1.81. The number of nitrogens with one attached hydrogen (secondary N) is 1. The molecule has 0 bridgehead atoms. The maximum absolute atomic E-state index is 13.1. The number of amides is 3. The van der Waals surface area contributed by atoms with Crippen LogP contribution in [0.4, 0.5) is 20.6 Å². The summed E-state index contributed by atoms with van der Waals surface area (Å²) in [6, 6.07) is 13.1. The summed E-state index contributed by atoms with van der Waals surface area (Å²) in [6.07, 6.45) is 0. The van der Waals surface area contributed by atoms with Crippen LogP contribution >= 0.6 is 11.8 Å². The number of carbonyl (C=O) groups excluding carboxylic acids is 2. The molecule has 1 N–H and O–H groups in total. The number of hydrogen-bond acceptors (Lipinski definition) is 3. The highest BCUT2D eigenvalue weighted by molar-refractivity contribution is 8.00. The number of rotatable bonds is 3. The number of anilines is 2. The average Bonchev–Trinajstić information content (AvgIpc) is 2.98. The molecule has 0 spiro atoms. The van der Waals surface area contributed by atoms with Gasteiger partial charge in [0.25, 0.3) is 0 Å². The minimum absolute atomic E-state index is 0.00778. The second-order valence-electron chi connectivity index (χ2n) is 5.85. The van der Waals surface area contributed by atoms with Gasteiger partial charge in [-0.25, -0.2) is 9.18 Å². The molecule has 2 aromatic carbocycles. The molecule has 0 saturated carbocycles. The molecule has 1 fully saturated rings. The maximum atomic E-state index is 13.1. The fraction of sp³-hybridized carbons (Fsp3) is 0.222. The van der Waals surface area contributed by atoms with E-state index in [0.29, 0.717) is 17.1 Å². The first-order valence-electron chi connectivity index (χ1n) is 7.73. The van der Waals surface area contributed by atoms with E-state index in [-0.39, 0.29) is 23.1 Å². The molecular formula is C18H18FN3O2S. The number of benzene rings is 2. The quantitative estimate of drug-likeness (QED) is 0.909. The molecule has 0 radical (unpaired) electrons. The van der Waals surface area contributed by atoms with Crippen molar-refractivity contribution in [1.29, 1.82) is 0 Å². The third-order valence-electron chi connectivity index (χ3n) is 3.83. The van der Waals surface area contributed by atoms with Gasteiger partial charge in [0.1, 0.15) is 11.2 Å². The molecule has 0 aliphatic carbocycles. The summed E-state index contributed by atoms with van der Waals surface area (Å²) in [5, 5.41) is 2.61. The molecule has 7 heteroatoms. The number of carbonyl (C=O) groups is 2. The van der Waals surface area contributed by atoms with Gasteiger partial charge in [0, 0.05) is 25.5 Å². The van der Waals surface area contributed by atoms with E-state index < -0.39 is 0 Å². The number of thioether (sulfide) groups is 1. The van der Waals surface area contributed by atoms with Crippen LogP contribution in [-0.4, -0.2) is 36.7 Å². The van der Waals surface area contributed by atoms with Gasteiger partial charge >= 0.3 is 6.03 Å². The first-order valence-corrected chi connectivity index (χ1v) is 8.78. The molecule has 3 rings (SSSR count). The van der Waals surface area contributed by atoms with Gasteiger partial charge in [0.15, 0.2) is 0 Å². The minimum Gasteiger partial charge on any atom is -0.331 e. The van der Waals surface area contributed by atoms with E-state index in [9.17, 15) is 14.0 Å². The highest BCUT2D eigenvalue weighted by Gasteiger charge is 2.33. The second kappa shape index (κ2) is 7.14. The molecule has 130 valence electrons. The van der Waals surface area contributed by atoms with Crippen molar-refractivity contribution < 1.29 is 14.0 Å². The number of halogens is 1. The average molecular weight is 359 g/mol. The van der Waals surface area contributed by atoms with Crippen LogP contribution in [0.5, 0.6) is 0 Å². The first-order chi connectivity index (χ1) is 12.0. The molecule has 1 aliphatic heterocycles. The Bertz CT molecular complexity index is 778. The highest BCUT2D eigenvalue weighted by atomic mass is 32.2. The van der Waals surface area contributed by atoms with Crippen LogP contribution < -0.4 is 10.2 Å². The van der Waals surface area contributed by atoms with E-state index in [1.807, 2.05) is 24.3 Å². The molecule has 5 nitrogen and oxygen atoms in total. The minimum atomic E-state index is -0.333. The lowest BCUT2D eigenvalue weighted by atomic mass is 10.1. The zero-order chi connectivity index (χ0) is 18.0. The standard InChI is InChI=1S/C18H18FN3O2S/c1-21(2)18(24)20-14-7-3-12(4-8-14)17-22(16(23)11-25-17)15-9-5-13(19)6-10-15/h3-10,17H,11H2,1-2H3,(H,20,24)/t17-/m1/s1. The summed E-state index contributed by atoms with van der Waals surface area (Å²) < 4.78 is 13.1. The van der Waals surface area contributed by atoms with E-state index in [2.05, 4.69) is 5.32 Å². The lowest BCUT2D eigenvalue weighted by Gasteiger charge is -2.24. The van der Waals surface area contributed by atoms with Gasteiger partial charge in [-0.05, 0) is 42.0 Å². The summed E-state index contributed by atoms with van der Waals surface area (Å²) in [7, 11) is 3.34. The van der Waals surface area contributed by atoms with Gasteiger partial charge in [-0.15, -0.1) is 11.8 Å². The first kappa shape index (κ1) is 17.3. The summed E-state index contributed by atoms with van der Waals surface area (Å²) >= 11 is 1.52. The largest absolute Gasteiger partial charge is 0.331 e. The van der Waals surface area contributed by atoms with Crippen molar-refractivity contribution in [2.24, 2.45) is 0 Å². The Labute approximate surface area is 149 Å². The molecule has 0 aromatic heterocycles. The SMILES string of the molecule is CN(C)C(=O)Nc1ccc([C@H]2SCC(=O)N2c2ccc(F)cc2)cc1. The van der Waals surface area contributed by atoms with Crippen LogP contribution in [0.2, 0.25) is 0 Å². The van der Waals surface area contributed by atoms with Crippen molar-refractivity contribution in [3.05, 3.63) is 59.9 Å². The monoisotopic (exact) mass is 359 g/mol. The number of nitrogens with zero attached hydrogens (tertiary/aromatic N) is 2. The van der Waals surface area contributed by atoms with Crippen molar-refractivity contribution >= 4 is 35.1 Å². The summed E-state index contributed by atoms with van der Waals surface area (Å²) in [5.41, 5.74) is 2.31. The zero-order valence-corrected chi connectivity index (χ0v) is 14.7. The van der Waals surface area contributed by atoms with Crippen molar-refractivity contribution in [3.63, 3.8) is 0 Å². The van der Waals surface area contributed by atoms with Crippen LogP contribution in [0.15, 0.2) is 48.5 Å². The third-order valence-corrected chi connectivity index (χ3v) is 5.04. The van der Waals surface area contributed by atoms with Crippen LogP contribution in [-0.2, 0) is 4.79 Å². The van der Waals surface area contributed by atoms with Crippen molar-refractivity contribution in [2.45, 2.75) is 5.37 Å². The van der Waals surface area contributed by atoms with Crippen molar-refractivity contribution in [1.82, 2.24) is 4.90 Å². The zero-order valence-electron chi connectivity index (χ0n) is 13.9. The molecule has 1 aliphatic rings. The van der Waals surface area contributed by atoms with E-state index in [1.165, 1.54) is 28.8 Å². The Morgan fingerprint density at radius 1 is 1.16 bits per heavy atom. The molecular weight excluding hydrogens is 341 g/mol. The van der Waals surface area contributed by atoms with E-state index in [1.54, 1.807) is 31.1 Å². The van der Waals surface area contributed by atoms with E-state index >= 15 is 0 Å². The predicted molar refractivity (Wildman–Crippen MR) is 98.2 cm³/mol. The Kier molecular flexibility index (Phi) is 4.94.